The Morgan fingerprint density at radius 3 is 2.83 bits per heavy atom. The van der Waals surface area contributed by atoms with Crippen LogP contribution in [0.3, 0.4) is 0 Å². The van der Waals surface area contributed by atoms with Crippen molar-refractivity contribution in [3.63, 3.8) is 0 Å². The van der Waals surface area contributed by atoms with E-state index in [2.05, 4.69) is 5.32 Å². The van der Waals surface area contributed by atoms with Gasteiger partial charge in [0.15, 0.2) is 0 Å². The minimum atomic E-state index is -0.247. The van der Waals surface area contributed by atoms with Crippen LogP contribution in [0.2, 0.25) is 0 Å². The summed E-state index contributed by atoms with van der Waals surface area (Å²) < 4.78 is 24.8. The molecule has 1 aromatic carbocycles. The van der Waals surface area contributed by atoms with E-state index in [-0.39, 0.29) is 18.0 Å². The first kappa shape index (κ1) is 13.3. The summed E-state index contributed by atoms with van der Waals surface area (Å²) >= 11 is 0. The standard InChI is InChI=1S/C14H20FNO2/c1-16-14(13-5-3-4-8-18-13)11-7-6-10(17-2)9-12(11)15/h6-7,9,13-14,16H,3-5,8H2,1-2H3. The first-order valence-electron chi connectivity index (χ1n) is 6.38. The zero-order valence-electron chi connectivity index (χ0n) is 10.9. The maximum Gasteiger partial charge on any atom is 0.131 e. The molecule has 1 aromatic rings. The molecule has 0 aliphatic carbocycles. The summed E-state index contributed by atoms with van der Waals surface area (Å²) in [6.07, 6.45) is 3.25. The molecule has 100 valence electrons. The van der Waals surface area contributed by atoms with E-state index in [9.17, 15) is 4.39 Å². The Morgan fingerprint density at radius 2 is 2.28 bits per heavy atom. The molecule has 0 spiro atoms. The van der Waals surface area contributed by atoms with Crippen LogP contribution in [0.15, 0.2) is 18.2 Å². The molecule has 1 fully saturated rings. The highest BCUT2D eigenvalue weighted by Gasteiger charge is 2.26. The lowest BCUT2D eigenvalue weighted by Crippen LogP contribution is -2.34. The number of nitrogens with one attached hydrogen (secondary N) is 1. The molecule has 0 bridgehead atoms. The molecule has 0 radical (unpaired) electrons. The Labute approximate surface area is 107 Å². The van der Waals surface area contributed by atoms with Gasteiger partial charge in [-0.2, -0.15) is 0 Å². The lowest BCUT2D eigenvalue weighted by atomic mass is 9.95. The molecule has 1 aliphatic rings. The summed E-state index contributed by atoms with van der Waals surface area (Å²) in [7, 11) is 3.38. The number of benzene rings is 1. The largest absolute Gasteiger partial charge is 0.497 e. The third kappa shape index (κ3) is 2.82. The van der Waals surface area contributed by atoms with Crippen LogP contribution in [0.25, 0.3) is 0 Å². The molecule has 1 heterocycles. The van der Waals surface area contributed by atoms with Crippen LogP contribution < -0.4 is 10.1 Å². The first-order valence-corrected chi connectivity index (χ1v) is 6.38. The van der Waals surface area contributed by atoms with Gasteiger partial charge in [0, 0.05) is 18.2 Å². The molecule has 4 heteroatoms. The van der Waals surface area contributed by atoms with Crippen LogP contribution in [0.4, 0.5) is 4.39 Å². The first-order chi connectivity index (χ1) is 8.76. The summed E-state index contributed by atoms with van der Waals surface area (Å²) in [6, 6.07) is 4.87. The zero-order valence-corrected chi connectivity index (χ0v) is 10.9. The van der Waals surface area contributed by atoms with Gasteiger partial charge < -0.3 is 14.8 Å². The number of methoxy groups -OCH3 is 1. The number of hydrogen-bond acceptors (Lipinski definition) is 3. The van der Waals surface area contributed by atoms with E-state index in [0.29, 0.717) is 11.3 Å². The van der Waals surface area contributed by atoms with Crippen molar-refractivity contribution in [3.8, 4) is 5.75 Å². The molecule has 18 heavy (non-hydrogen) atoms. The normalized spacial score (nSPS) is 21.6. The second kappa shape index (κ2) is 6.16. The van der Waals surface area contributed by atoms with Crippen LogP contribution in [0.1, 0.15) is 30.9 Å². The van der Waals surface area contributed by atoms with Gasteiger partial charge in [-0.15, -0.1) is 0 Å². The van der Waals surface area contributed by atoms with Crippen molar-refractivity contribution < 1.29 is 13.9 Å². The van der Waals surface area contributed by atoms with Gasteiger partial charge in [0.05, 0.1) is 19.3 Å². The van der Waals surface area contributed by atoms with Crippen molar-refractivity contribution in [1.82, 2.24) is 5.32 Å². The highest BCUT2D eigenvalue weighted by atomic mass is 19.1. The number of hydrogen-bond donors (Lipinski definition) is 1. The maximum atomic E-state index is 14.1. The maximum absolute atomic E-state index is 14.1. The van der Waals surface area contributed by atoms with E-state index in [1.807, 2.05) is 7.05 Å². The second-order valence-electron chi connectivity index (χ2n) is 4.56. The van der Waals surface area contributed by atoms with E-state index in [4.69, 9.17) is 9.47 Å². The summed E-state index contributed by atoms with van der Waals surface area (Å²) in [6.45, 7) is 0.765. The monoisotopic (exact) mass is 253 g/mol. The third-order valence-corrected chi connectivity index (χ3v) is 3.44. The predicted molar refractivity (Wildman–Crippen MR) is 68.3 cm³/mol. The van der Waals surface area contributed by atoms with Crippen molar-refractivity contribution >= 4 is 0 Å². The Kier molecular flexibility index (Phi) is 4.55. The molecule has 1 aliphatic heterocycles. The molecule has 0 saturated carbocycles. The van der Waals surface area contributed by atoms with E-state index in [1.54, 1.807) is 12.1 Å². The Hall–Kier alpha value is -1.13. The van der Waals surface area contributed by atoms with Gasteiger partial charge in [-0.1, -0.05) is 6.07 Å². The van der Waals surface area contributed by atoms with Crippen molar-refractivity contribution in [3.05, 3.63) is 29.6 Å². The summed E-state index contributed by atoms with van der Waals surface area (Å²) in [5.74, 6) is 0.290. The SMILES string of the molecule is CNC(c1ccc(OC)cc1F)C1CCCCO1. The molecular weight excluding hydrogens is 233 g/mol. The molecule has 0 amide bonds. The molecular formula is C14H20FNO2. The number of halogens is 1. The van der Waals surface area contributed by atoms with Crippen molar-refractivity contribution in [1.29, 1.82) is 0 Å². The molecule has 1 N–H and O–H groups in total. The summed E-state index contributed by atoms with van der Waals surface area (Å²) in [5, 5.41) is 3.16. The highest BCUT2D eigenvalue weighted by Crippen LogP contribution is 2.29. The molecule has 3 nitrogen and oxygen atoms in total. The van der Waals surface area contributed by atoms with Gasteiger partial charge >= 0.3 is 0 Å². The van der Waals surface area contributed by atoms with Crippen molar-refractivity contribution in [2.75, 3.05) is 20.8 Å². The third-order valence-electron chi connectivity index (χ3n) is 3.44. The zero-order chi connectivity index (χ0) is 13.0. The highest BCUT2D eigenvalue weighted by molar-refractivity contribution is 5.31. The Bertz CT molecular complexity index is 391. The number of likely N-dealkylation sites (N-methyl/N-ethyl adjacent to an activating group) is 1. The minimum Gasteiger partial charge on any atom is -0.497 e. The molecule has 1 saturated heterocycles. The van der Waals surface area contributed by atoms with Crippen molar-refractivity contribution in [2.45, 2.75) is 31.4 Å². The average molecular weight is 253 g/mol. The van der Waals surface area contributed by atoms with E-state index in [1.165, 1.54) is 13.2 Å². The van der Waals surface area contributed by atoms with E-state index >= 15 is 0 Å². The van der Waals surface area contributed by atoms with Crippen LogP contribution in [0.5, 0.6) is 5.75 Å². The lowest BCUT2D eigenvalue weighted by molar-refractivity contribution is -0.00732. The van der Waals surface area contributed by atoms with Crippen molar-refractivity contribution in [2.24, 2.45) is 0 Å². The Morgan fingerprint density at radius 1 is 1.44 bits per heavy atom. The molecule has 2 atom stereocenters. The smallest absolute Gasteiger partial charge is 0.131 e. The van der Waals surface area contributed by atoms with Gasteiger partial charge in [-0.05, 0) is 32.4 Å². The summed E-state index contributed by atoms with van der Waals surface area (Å²) in [5.41, 5.74) is 0.644. The van der Waals surface area contributed by atoms with Gasteiger partial charge in [-0.3, -0.25) is 0 Å². The Balaban J connectivity index is 2.20. The second-order valence-corrected chi connectivity index (χ2v) is 4.56. The van der Waals surface area contributed by atoms with Gasteiger partial charge in [0.25, 0.3) is 0 Å². The fourth-order valence-electron chi connectivity index (χ4n) is 2.46. The van der Waals surface area contributed by atoms with Gasteiger partial charge in [0.1, 0.15) is 11.6 Å². The molecule has 2 unspecified atom stereocenters. The van der Waals surface area contributed by atoms with Gasteiger partial charge in [-0.25, -0.2) is 4.39 Å². The lowest BCUT2D eigenvalue weighted by Gasteiger charge is -2.30. The number of ether oxygens (including phenoxy) is 2. The van der Waals surface area contributed by atoms with Crippen LogP contribution in [0, 0.1) is 5.82 Å². The fraction of sp³-hybridized carbons (Fsp3) is 0.571. The minimum absolute atomic E-state index is 0.0478. The molecule has 2 rings (SSSR count). The topological polar surface area (TPSA) is 30.5 Å². The van der Waals surface area contributed by atoms with E-state index < -0.39 is 0 Å². The quantitative estimate of drug-likeness (QED) is 0.895. The summed E-state index contributed by atoms with van der Waals surface area (Å²) in [4.78, 5) is 0. The van der Waals surface area contributed by atoms with Gasteiger partial charge in [0.2, 0.25) is 0 Å². The van der Waals surface area contributed by atoms with Crippen LogP contribution in [-0.2, 0) is 4.74 Å². The van der Waals surface area contributed by atoms with E-state index in [0.717, 1.165) is 25.9 Å². The average Bonchev–Trinajstić information content (AvgIpc) is 2.42. The van der Waals surface area contributed by atoms with Crippen LogP contribution >= 0.6 is 0 Å². The van der Waals surface area contributed by atoms with Crippen LogP contribution in [-0.4, -0.2) is 26.9 Å². The number of rotatable bonds is 4. The molecule has 0 aromatic heterocycles. The fourth-order valence-corrected chi connectivity index (χ4v) is 2.46. The predicted octanol–water partition coefficient (Wildman–Crippen LogP) is 2.66.